The predicted molar refractivity (Wildman–Crippen MR) is 93.2 cm³/mol. The lowest BCUT2D eigenvalue weighted by Crippen LogP contribution is -2.06. The summed E-state index contributed by atoms with van der Waals surface area (Å²) in [6, 6.07) is 15.2. The minimum absolute atomic E-state index is 0.188. The molecule has 1 aromatic heterocycles. The van der Waals surface area contributed by atoms with Crippen molar-refractivity contribution in [1.82, 2.24) is 9.78 Å². The Kier molecular flexibility index (Phi) is 5.14. The van der Waals surface area contributed by atoms with Crippen LogP contribution in [0.5, 0.6) is 5.75 Å². The van der Waals surface area contributed by atoms with Crippen molar-refractivity contribution < 1.29 is 19.0 Å². The Labute approximate surface area is 151 Å². The Morgan fingerprint density at radius 3 is 2.68 bits per heavy atom. The van der Waals surface area contributed by atoms with E-state index >= 15 is 0 Å². The smallest absolute Gasteiger partial charge is 0.359 e. The van der Waals surface area contributed by atoms with Crippen LogP contribution in [-0.2, 0) is 13.2 Å². The minimum atomic E-state index is -1.40. The Morgan fingerprint density at radius 2 is 2.00 bits per heavy atom. The van der Waals surface area contributed by atoms with Crippen molar-refractivity contribution in [2.45, 2.75) is 13.2 Å². The quantitative estimate of drug-likeness (QED) is 0.671. The summed E-state index contributed by atoms with van der Waals surface area (Å²) in [5.41, 5.74) is 1.18. The molecule has 0 fully saturated rings. The number of rotatable bonds is 6. The van der Waals surface area contributed by atoms with Gasteiger partial charge in [0.2, 0.25) is 5.69 Å². The molecule has 1 heterocycles. The summed E-state index contributed by atoms with van der Waals surface area (Å²) in [6.07, 6.45) is 1.06. The summed E-state index contributed by atoms with van der Waals surface area (Å²) in [6.45, 7) is 0.580. The van der Waals surface area contributed by atoms with Crippen molar-refractivity contribution in [3.8, 4) is 5.75 Å². The molecule has 128 valence electrons. The van der Waals surface area contributed by atoms with Gasteiger partial charge in [0.15, 0.2) is 5.82 Å². The monoisotopic (exact) mass is 404 g/mol. The van der Waals surface area contributed by atoms with Crippen LogP contribution in [0.15, 0.2) is 59.2 Å². The summed E-state index contributed by atoms with van der Waals surface area (Å²) in [5.74, 6) is -1.64. The first-order valence-electron chi connectivity index (χ1n) is 7.44. The van der Waals surface area contributed by atoms with Crippen LogP contribution in [0.25, 0.3) is 0 Å². The van der Waals surface area contributed by atoms with Crippen LogP contribution in [0.1, 0.15) is 21.6 Å². The zero-order valence-corrected chi connectivity index (χ0v) is 14.6. The number of halogens is 2. The molecule has 0 aliphatic heterocycles. The Bertz CT molecular complexity index is 897. The molecule has 3 aromatic rings. The molecule has 7 heteroatoms. The third-order valence-corrected chi connectivity index (χ3v) is 4.00. The minimum Gasteiger partial charge on any atom is -0.489 e. The van der Waals surface area contributed by atoms with Crippen LogP contribution in [-0.4, -0.2) is 20.9 Å². The first-order chi connectivity index (χ1) is 12.0. The van der Waals surface area contributed by atoms with E-state index in [1.807, 2.05) is 42.5 Å². The number of aromatic carboxylic acids is 1. The van der Waals surface area contributed by atoms with Crippen molar-refractivity contribution in [2.75, 3.05) is 0 Å². The molecule has 2 aromatic carbocycles. The van der Waals surface area contributed by atoms with Gasteiger partial charge in [-0.15, -0.1) is 0 Å². The molecule has 0 unspecified atom stereocenters. The van der Waals surface area contributed by atoms with Crippen LogP contribution in [0.2, 0.25) is 0 Å². The van der Waals surface area contributed by atoms with Crippen LogP contribution >= 0.6 is 15.9 Å². The largest absolute Gasteiger partial charge is 0.489 e. The van der Waals surface area contributed by atoms with Crippen molar-refractivity contribution in [3.63, 3.8) is 0 Å². The first kappa shape index (κ1) is 17.2. The molecule has 3 rings (SSSR count). The van der Waals surface area contributed by atoms with E-state index in [-0.39, 0.29) is 6.54 Å². The molecule has 25 heavy (non-hydrogen) atoms. The van der Waals surface area contributed by atoms with Crippen LogP contribution in [0, 0.1) is 5.82 Å². The highest BCUT2D eigenvalue weighted by atomic mass is 79.9. The lowest BCUT2D eigenvalue weighted by atomic mass is 10.2. The fraction of sp³-hybridized carbons (Fsp3) is 0.111. The van der Waals surface area contributed by atoms with E-state index in [2.05, 4.69) is 21.0 Å². The maximum Gasteiger partial charge on any atom is 0.359 e. The molecular formula is C18H14BrFN2O3. The molecule has 0 radical (unpaired) electrons. The number of nitrogens with zero attached hydrogens (tertiary/aromatic N) is 2. The Balaban J connectivity index is 1.81. The second-order valence-electron chi connectivity index (χ2n) is 5.35. The molecule has 0 bridgehead atoms. The predicted octanol–water partition coefficient (Wildman–Crippen LogP) is 4.11. The van der Waals surface area contributed by atoms with Gasteiger partial charge in [0, 0.05) is 10.0 Å². The van der Waals surface area contributed by atoms with Gasteiger partial charge in [0.1, 0.15) is 12.4 Å². The first-order valence-corrected chi connectivity index (χ1v) is 8.23. The van der Waals surface area contributed by atoms with Gasteiger partial charge >= 0.3 is 5.97 Å². The molecule has 0 saturated heterocycles. The zero-order chi connectivity index (χ0) is 17.8. The van der Waals surface area contributed by atoms with Gasteiger partial charge < -0.3 is 9.84 Å². The van der Waals surface area contributed by atoms with Gasteiger partial charge in [-0.2, -0.15) is 5.10 Å². The number of ether oxygens (including phenoxy) is 1. The van der Waals surface area contributed by atoms with Crippen LogP contribution in [0.3, 0.4) is 0 Å². The Hall–Kier alpha value is -2.67. The summed E-state index contributed by atoms with van der Waals surface area (Å²) in [5, 5.41) is 12.7. The van der Waals surface area contributed by atoms with Crippen LogP contribution in [0.4, 0.5) is 4.39 Å². The maximum atomic E-state index is 13.6. The van der Waals surface area contributed by atoms with Gasteiger partial charge in [-0.25, -0.2) is 9.18 Å². The Morgan fingerprint density at radius 1 is 1.24 bits per heavy atom. The number of benzene rings is 2. The zero-order valence-electron chi connectivity index (χ0n) is 13.0. The molecule has 0 aliphatic carbocycles. The average Bonchev–Trinajstić information content (AvgIpc) is 2.96. The van der Waals surface area contributed by atoms with Crippen LogP contribution < -0.4 is 4.74 Å². The van der Waals surface area contributed by atoms with E-state index in [0.29, 0.717) is 12.4 Å². The van der Waals surface area contributed by atoms with Crippen molar-refractivity contribution in [3.05, 3.63) is 81.8 Å². The molecule has 0 amide bonds. The van der Waals surface area contributed by atoms with Gasteiger partial charge in [0.25, 0.3) is 0 Å². The van der Waals surface area contributed by atoms with Gasteiger partial charge in [0.05, 0.1) is 12.7 Å². The van der Waals surface area contributed by atoms with E-state index < -0.39 is 17.5 Å². The van der Waals surface area contributed by atoms with Crippen molar-refractivity contribution in [1.29, 1.82) is 0 Å². The summed E-state index contributed by atoms with van der Waals surface area (Å²) in [4.78, 5) is 10.9. The highest BCUT2D eigenvalue weighted by Crippen LogP contribution is 2.25. The molecule has 5 nitrogen and oxygen atoms in total. The van der Waals surface area contributed by atoms with E-state index in [1.165, 1.54) is 4.68 Å². The summed E-state index contributed by atoms with van der Waals surface area (Å²) in [7, 11) is 0. The SMILES string of the molecule is O=C(O)c1nn(Cc2cc(Br)ccc2OCc2ccccc2)cc1F. The van der Waals surface area contributed by atoms with E-state index in [1.54, 1.807) is 6.07 Å². The highest BCUT2D eigenvalue weighted by Gasteiger charge is 2.16. The molecular weight excluding hydrogens is 391 g/mol. The normalized spacial score (nSPS) is 10.6. The fourth-order valence-corrected chi connectivity index (χ4v) is 2.75. The van der Waals surface area contributed by atoms with E-state index in [9.17, 15) is 9.18 Å². The second-order valence-corrected chi connectivity index (χ2v) is 6.27. The maximum absolute atomic E-state index is 13.6. The van der Waals surface area contributed by atoms with Gasteiger partial charge in [-0.05, 0) is 23.8 Å². The number of hydrogen-bond acceptors (Lipinski definition) is 3. The highest BCUT2D eigenvalue weighted by molar-refractivity contribution is 9.10. The number of carboxylic acids is 1. The fourth-order valence-electron chi connectivity index (χ4n) is 2.35. The van der Waals surface area contributed by atoms with Crippen molar-refractivity contribution >= 4 is 21.9 Å². The molecule has 0 spiro atoms. The third-order valence-electron chi connectivity index (χ3n) is 3.51. The topological polar surface area (TPSA) is 64.3 Å². The standard InChI is InChI=1S/C18H14BrFN2O3/c19-14-6-7-16(25-11-12-4-2-1-3-5-12)13(8-14)9-22-10-15(20)17(21-22)18(23)24/h1-8,10H,9,11H2,(H,23,24). The number of aromatic nitrogens is 2. The number of carboxylic acid groups (broad SMARTS) is 1. The van der Waals surface area contributed by atoms with Crippen molar-refractivity contribution in [2.24, 2.45) is 0 Å². The number of hydrogen-bond donors (Lipinski definition) is 1. The van der Waals surface area contributed by atoms with Gasteiger partial charge in [-0.3, -0.25) is 4.68 Å². The molecule has 0 saturated carbocycles. The molecule has 1 N–H and O–H groups in total. The van der Waals surface area contributed by atoms with Gasteiger partial charge in [-0.1, -0.05) is 46.3 Å². The number of carbonyl (C=O) groups is 1. The average molecular weight is 405 g/mol. The van der Waals surface area contributed by atoms with E-state index in [0.717, 1.165) is 21.8 Å². The summed E-state index contributed by atoms with van der Waals surface area (Å²) < 4.78 is 21.6. The second kappa shape index (κ2) is 7.48. The summed E-state index contributed by atoms with van der Waals surface area (Å²) >= 11 is 3.40. The van der Waals surface area contributed by atoms with E-state index in [4.69, 9.17) is 9.84 Å². The molecule has 0 aliphatic rings. The molecule has 0 atom stereocenters. The lowest BCUT2D eigenvalue weighted by molar-refractivity contribution is 0.0684. The third kappa shape index (κ3) is 4.24. The lowest BCUT2D eigenvalue weighted by Gasteiger charge is -2.12.